The molecule has 6 heteroatoms. The number of carboxylic acids is 1. The van der Waals surface area contributed by atoms with Crippen LogP contribution in [0.3, 0.4) is 0 Å². The summed E-state index contributed by atoms with van der Waals surface area (Å²) in [6.45, 7) is 2.09. The minimum Gasteiger partial charge on any atom is -0.481 e. The van der Waals surface area contributed by atoms with Gasteiger partial charge < -0.3 is 10.4 Å². The van der Waals surface area contributed by atoms with E-state index < -0.39 is 5.97 Å². The number of benzene rings is 1. The molecular formula is C18H19NO3S2. The van der Waals surface area contributed by atoms with Crippen LogP contribution < -0.4 is 5.32 Å². The number of carbonyl (C=O) groups excluding carboxylic acids is 1. The highest BCUT2D eigenvalue weighted by Gasteiger charge is 2.45. The zero-order chi connectivity index (χ0) is 17.1. The average Bonchev–Trinajstić information content (AvgIpc) is 3.22. The largest absolute Gasteiger partial charge is 0.481 e. The molecule has 1 fully saturated rings. The van der Waals surface area contributed by atoms with Gasteiger partial charge in [0.2, 0.25) is 5.91 Å². The highest BCUT2D eigenvalue weighted by atomic mass is 32.2. The topological polar surface area (TPSA) is 66.4 Å². The molecule has 0 saturated heterocycles. The van der Waals surface area contributed by atoms with Gasteiger partial charge in [-0.25, -0.2) is 0 Å². The fourth-order valence-corrected chi connectivity index (χ4v) is 4.57. The smallest absolute Gasteiger partial charge is 0.313 e. The molecule has 1 heterocycles. The number of carboxylic acid groups (broad SMARTS) is 1. The summed E-state index contributed by atoms with van der Waals surface area (Å²) in [7, 11) is 0. The standard InChI is InChI=1S/C18H19NO3S2/c1-11-5-6-24-17(11)14-8-15(14)18(22)19-13-4-2-3-12(7-13)9-23-10-16(20)21/h2-7,14-15H,8-10H2,1H3,(H,19,22)(H,20,21). The summed E-state index contributed by atoms with van der Waals surface area (Å²) in [6.07, 6.45) is 0.918. The van der Waals surface area contributed by atoms with Crippen molar-refractivity contribution in [2.24, 2.45) is 5.92 Å². The number of rotatable bonds is 7. The molecule has 1 saturated carbocycles. The van der Waals surface area contributed by atoms with E-state index in [4.69, 9.17) is 5.11 Å². The van der Waals surface area contributed by atoms with Crippen LogP contribution in [-0.4, -0.2) is 22.7 Å². The van der Waals surface area contributed by atoms with Crippen LogP contribution in [0.1, 0.15) is 28.3 Å². The van der Waals surface area contributed by atoms with Crippen LogP contribution in [0, 0.1) is 12.8 Å². The highest BCUT2D eigenvalue weighted by molar-refractivity contribution is 7.99. The SMILES string of the molecule is Cc1ccsc1C1CC1C(=O)Nc1cccc(CSCC(=O)O)c1. The number of carbonyl (C=O) groups is 2. The van der Waals surface area contributed by atoms with Crippen LogP contribution in [0.15, 0.2) is 35.7 Å². The molecule has 2 N–H and O–H groups in total. The van der Waals surface area contributed by atoms with E-state index >= 15 is 0 Å². The van der Waals surface area contributed by atoms with E-state index in [0.717, 1.165) is 17.7 Å². The summed E-state index contributed by atoms with van der Waals surface area (Å²) in [6, 6.07) is 9.72. The lowest BCUT2D eigenvalue weighted by atomic mass is 10.2. The molecule has 2 unspecified atom stereocenters. The first-order valence-electron chi connectivity index (χ1n) is 7.78. The molecule has 1 aromatic heterocycles. The van der Waals surface area contributed by atoms with Crippen LogP contribution in [0.2, 0.25) is 0 Å². The van der Waals surface area contributed by atoms with E-state index in [1.165, 1.54) is 22.2 Å². The van der Waals surface area contributed by atoms with Gasteiger partial charge in [-0.3, -0.25) is 9.59 Å². The zero-order valence-corrected chi connectivity index (χ0v) is 15.0. The first kappa shape index (κ1) is 17.0. The van der Waals surface area contributed by atoms with E-state index in [0.29, 0.717) is 11.7 Å². The van der Waals surface area contributed by atoms with Gasteiger partial charge in [0, 0.05) is 28.2 Å². The van der Waals surface area contributed by atoms with E-state index in [2.05, 4.69) is 23.7 Å². The second-order valence-corrected chi connectivity index (χ2v) is 7.93. The normalized spacial score (nSPS) is 19.0. The number of thioether (sulfide) groups is 1. The van der Waals surface area contributed by atoms with Crippen LogP contribution in [0.25, 0.3) is 0 Å². The van der Waals surface area contributed by atoms with Gasteiger partial charge in [-0.2, -0.15) is 0 Å². The molecule has 0 radical (unpaired) electrons. The van der Waals surface area contributed by atoms with Crippen LogP contribution in [-0.2, 0) is 15.3 Å². The number of hydrogen-bond donors (Lipinski definition) is 2. The number of thiophene rings is 1. The van der Waals surface area contributed by atoms with Gasteiger partial charge in [-0.05, 0) is 48.1 Å². The second-order valence-electron chi connectivity index (χ2n) is 5.99. The van der Waals surface area contributed by atoms with Gasteiger partial charge in [0.05, 0.1) is 5.75 Å². The minimum absolute atomic E-state index is 0.0624. The van der Waals surface area contributed by atoms with Gasteiger partial charge in [0.1, 0.15) is 0 Å². The Kier molecular flexibility index (Phi) is 5.26. The van der Waals surface area contributed by atoms with Crippen LogP contribution in [0.5, 0.6) is 0 Å². The van der Waals surface area contributed by atoms with Gasteiger partial charge >= 0.3 is 5.97 Å². The number of nitrogens with one attached hydrogen (secondary N) is 1. The molecule has 4 nitrogen and oxygen atoms in total. The molecule has 0 aliphatic heterocycles. The van der Waals surface area contributed by atoms with Gasteiger partial charge in [0.15, 0.2) is 0 Å². The van der Waals surface area contributed by atoms with E-state index in [1.54, 1.807) is 11.3 Å². The Morgan fingerprint density at radius 2 is 2.21 bits per heavy atom. The van der Waals surface area contributed by atoms with Crippen molar-refractivity contribution >= 4 is 40.7 Å². The van der Waals surface area contributed by atoms with Crippen molar-refractivity contribution in [1.82, 2.24) is 0 Å². The number of hydrogen-bond acceptors (Lipinski definition) is 4. The van der Waals surface area contributed by atoms with Crippen LogP contribution in [0.4, 0.5) is 5.69 Å². The summed E-state index contributed by atoms with van der Waals surface area (Å²) in [5, 5.41) is 13.8. The minimum atomic E-state index is -0.812. The quantitative estimate of drug-likeness (QED) is 0.779. The maximum Gasteiger partial charge on any atom is 0.313 e. The van der Waals surface area contributed by atoms with Gasteiger partial charge in [0.25, 0.3) is 0 Å². The molecule has 1 amide bonds. The van der Waals surface area contributed by atoms with Crippen molar-refractivity contribution in [2.45, 2.75) is 25.0 Å². The average molecular weight is 361 g/mol. The van der Waals surface area contributed by atoms with E-state index in [9.17, 15) is 9.59 Å². The van der Waals surface area contributed by atoms with Crippen molar-refractivity contribution in [2.75, 3.05) is 11.1 Å². The van der Waals surface area contributed by atoms with Gasteiger partial charge in [-0.1, -0.05) is 12.1 Å². The van der Waals surface area contributed by atoms with Crippen molar-refractivity contribution in [1.29, 1.82) is 0 Å². The lowest BCUT2D eigenvalue weighted by Crippen LogP contribution is -2.14. The third kappa shape index (κ3) is 4.19. The zero-order valence-electron chi connectivity index (χ0n) is 13.3. The maximum atomic E-state index is 12.4. The lowest BCUT2D eigenvalue weighted by molar-refractivity contribution is -0.133. The first-order valence-corrected chi connectivity index (χ1v) is 9.81. The second kappa shape index (κ2) is 7.40. The van der Waals surface area contributed by atoms with Crippen molar-refractivity contribution < 1.29 is 14.7 Å². The molecule has 24 heavy (non-hydrogen) atoms. The van der Waals surface area contributed by atoms with E-state index in [-0.39, 0.29) is 17.6 Å². The van der Waals surface area contributed by atoms with Crippen molar-refractivity contribution in [3.63, 3.8) is 0 Å². The molecule has 2 aromatic rings. The predicted molar refractivity (Wildman–Crippen MR) is 98.8 cm³/mol. The Balaban J connectivity index is 1.55. The van der Waals surface area contributed by atoms with E-state index in [1.807, 2.05) is 24.3 Å². The monoisotopic (exact) mass is 361 g/mol. The third-order valence-corrected chi connectivity index (χ3v) is 6.19. The molecule has 1 aromatic carbocycles. The number of aryl methyl sites for hydroxylation is 1. The Labute approximate surface area is 149 Å². The maximum absolute atomic E-state index is 12.4. The first-order chi connectivity index (χ1) is 11.5. The number of amides is 1. The van der Waals surface area contributed by atoms with Crippen LogP contribution >= 0.6 is 23.1 Å². The Bertz CT molecular complexity index is 756. The van der Waals surface area contributed by atoms with Crippen molar-refractivity contribution in [3.05, 3.63) is 51.7 Å². The molecule has 126 valence electrons. The summed E-state index contributed by atoms with van der Waals surface area (Å²) in [5.41, 5.74) is 3.07. The van der Waals surface area contributed by atoms with Gasteiger partial charge in [-0.15, -0.1) is 23.1 Å². The fraction of sp³-hybridized carbons (Fsp3) is 0.333. The Morgan fingerprint density at radius 1 is 1.38 bits per heavy atom. The summed E-state index contributed by atoms with van der Waals surface area (Å²) < 4.78 is 0. The Hall–Kier alpha value is -1.79. The molecule has 1 aliphatic rings. The fourth-order valence-electron chi connectivity index (χ4n) is 2.77. The summed E-state index contributed by atoms with van der Waals surface area (Å²) >= 11 is 3.08. The highest BCUT2D eigenvalue weighted by Crippen LogP contribution is 2.50. The van der Waals surface area contributed by atoms with Crippen molar-refractivity contribution in [3.8, 4) is 0 Å². The molecule has 0 spiro atoms. The molecular weight excluding hydrogens is 342 g/mol. The molecule has 1 aliphatic carbocycles. The molecule has 3 rings (SSSR count). The lowest BCUT2D eigenvalue weighted by Gasteiger charge is -2.07. The summed E-state index contributed by atoms with van der Waals surface area (Å²) in [5.74, 6) is 0.389. The Morgan fingerprint density at radius 3 is 2.92 bits per heavy atom. The number of anilines is 1. The number of aliphatic carboxylic acids is 1. The molecule has 2 atom stereocenters. The molecule has 0 bridgehead atoms. The predicted octanol–water partition coefficient (Wildman–Crippen LogP) is 4.12. The third-order valence-electron chi connectivity index (χ3n) is 4.05. The summed E-state index contributed by atoms with van der Waals surface area (Å²) in [4.78, 5) is 24.3.